The minimum absolute atomic E-state index is 0.0683. The summed E-state index contributed by atoms with van der Waals surface area (Å²) in [5.41, 5.74) is 0. The highest BCUT2D eigenvalue weighted by Gasteiger charge is 2.49. The topological polar surface area (TPSA) is 129 Å². The number of amides is 2. The standard InChI is InChI=1S/C22H37NO7S/c1-2-3-4-5-6-7-8-9-10-11-12-13-14-15-16-18(22(26)27)23-20(24)17-19(21(23)25)31(28,29)30/h9-10,18-19H,2-8,11-17H2,1H3,(H,26,27)(H,28,29,30)/b10-9-. The SMILES string of the molecule is CCCCCCCC/C=C\CCCCCCC(C(=O)O)N1C(=O)CC(S(=O)(=O)O)C1=O. The molecule has 8 nitrogen and oxygen atoms in total. The van der Waals surface area contributed by atoms with Crippen molar-refractivity contribution in [3.8, 4) is 0 Å². The predicted molar refractivity (Wildman–Crippen MR) is 118 cm³/mol. The van der Waals surface area contributed by atoms with E-state index in [4.69, 9.17) is 4.55 Å². The fourth-order valence-corrected chi connectivity index (χ4v) is 4.50. The molecule has 0 aliphatic carbocycles. The number of carbonyl (C=O) groups is 3. The van der Waals surface area contributed by atoms with Gasteiger partial charge >= 0.3 is 5.97 Å². The van der Waals surface area contributed by atoms with E-state index in [1.165, 1.54) is 38.5 Å². The zero-order chi connectivity index (χ0) is 23.3. The van der Waals surface area contributed by atoms with E-state index < -0.39 is 45.6 Å². The van der Waals surface area contributed by atoms with Gasteiger partial charge in [-0.1, -0.05) is 70.4 Å². The molecule has 0 aromatic carbocycles. The molecule has 0 bridgehead atoms. The number of hydrogen-bond donors (Lipinski definition) is 2. The lowest BCUT2D eigenvalue weighted by Crippen LogP contribution is -2.46. The summed E-state index contributed by atoms with van der Waals surface area (Å²) in [7, 11) is -4.74. The normalized spacial score (nSPS) is 18.3. The number of carbonyl (C=O) groups excluding carboxylic acids is 2. The quantitative estimate of drug-likeness (QED) is 0.145. The van der Waals surface area contributed by atoms with E-state index in [1.54, 1.807) is 0 Å². The van der Waals surface area contributed by atoms with E-state index in [1.807, 2.05) is 0 Å². The van der Waals surface area contributed by atoms with Gasteiger partial charge in [-0.2, -0.15) is 8.42 Å². The number of nitrogens with zero attached hydrogens (tertiary/aromatic N) is 1. The van der Waals surface area contributed by atoms with Crippen molar-refractivity contribution in [3.05, 3.63) is 12.2 Å². The van der Waals surface area contributed by atoms with Crippen LogP contribution in [0.3, 0.4) is 0 Å². The molecule has 0 spiro atoms. The molecular formula is C22H37NO7S. The van der Waals surface area contributed by atoms with Crippen molar-refractivity contribution in [2.45, 2.75) is 108 Å². The molecule has 1 rings (SSSR count). The molecular weight excluding hydrogens is 422 g/mol. The Morgan fingerprint density at radius 3 is 2.00 bits per heavy atom. The lowest BCUT2D eigenvalue weighted by Gasteiger charge is -2.22. The molecule has 31 heavy (non-hydrogen) atoms. The van der Waals surface area contributed by atoms with Crippen molar-refractivity contribution in [1.29, 1.82) is 0 Å². The first-order chi connectivity index (χ1) is 14.7. The molecule has 0 saturated carbocycles. The highest BCUT2D eigenvalue weighted by atomic mass is 32.2. The number of likely N-dealkylation sites (tertiary alicyclic amines) is 1. The van der Waals surface area contributed by atoms with Crippen LogP contribution in [0.15, 0.2) is 12.2 Å². The number of unbranched alkanes of at least 4 members (excludes halogenated alkanes) is 10. The van der Waals surface area contributed by atoms with Crippen LogP contribution in [0.4, 0.5) is 0 Å². The molecule has 9 heteroatoms. The van der Waals surface area contributed by atoms with Crippen LogP contribution in [0, 0.1) is 0 Å². The summed E-state index contributed by atoms with van der Waals surface area (Å²) in [5.74, 6) is -3.39. The first kappa shape index (κ1) is 27.3. The van der Waals surface area contributed by atoms with Crippen molar-refractivity contribution in [1.82, 2.24) is 4.90 Å². The highest BCUT2D eigenvalue weighted by Crippen LogP contribution is 2.24. The number of carboxylic acid groups (broad SMARTS) is 1. The van der Waals surface area contributed by atoms with Crippen LogP contribution >= 0.6 is 0 Å². The van der Waals surface area contributed by atoms with Crippen molar-refractivity contribution in [2.24, 2.45) is 0 Å². The Kier molecular flexibility index (Phi) is 12.6. The van der Waals surface area contributed by atoms with Crippen LogP contribution in [0.25, 0.3) is 0 Å². The third-order valence-electron chi connectivity index (χ3n) is 5.59. The summed E-state index contributed by atoms with van der Waals surface area (Å²) in [6, 6.07) is -1.40. The smallest absolute Gasteiger partial charge is 0.326 e. The molecule has 1 fully saturated rings. The van der Waals surface area contributed by atoms with E-state index in [0.29, 0.717) is 11.3 Å². The van der Waals surface area contributed by atoms with Crippen molar-refractivity contribution in [2.75, 3.05) is 0 Å². The summed E-state index contributed by atoms with van der Waals surface area (Å²) in [6.45, 7) is 2.21. The minimum Gasteiger partial charge on any atom is -0.480 e. The maximum absolute atomic E-state index is 12.2. The third kappa shape index (κ3) is 9.95. The van der Waals surface area contributed by atoms with Gasteiger partial charge in [0.05, 0.1) is 6.42 Å². The molecule has 1 aliphatic heterocycles. The molecule has 0 aromatic rings. The van der Waals surface area contributed by atoms with E-state index >= 15 is 0 Å². The first-order valence-corrected chi connectivity index (χ1v) is 12.9. The molecule has 1 heterocycles. The van der Waals surface area contributed by atoms with Gasteiger partial charge in [0.25, 0.3) is 16.0 Å². The number of rotatable bonds is 17. The Labute approximate surface area is 185 Å². The zero-order valence-electron chi connectivity index (χ0n) is 18.5. The number of carboxylic acids is 1. The predicted octanol–water partition coefficient (Wildman–Crippen LogP) is 4.10. The Bertz CT molecular complexity index is 717. The first-order valence-electron chi connectivity index (χ1n) is 11.4. The summed E-state index contributed by atoms with van der Waals surface area (Å²) < 4.78 is 31.5. The Morgan fingerprint density at radius 1 is 1.00 bits per heavy atom. The van der Waals surface area contributed by atoms with E-state index in [0.717, 1.165) is 32.1 Å². The van der Waals surface area contributed by atoms with E-state index in [9.17, 15) is 27.9 Å². The van der Waals surface area contributed by atoms with E-state index in [2.05, 4.69) is 19.1 Å². The number of aliphatic carboxylic acids is 1. The van der Waals surface area contributed by atoms with Gasteiger partial charge in [0, 0.05) is 0 Å². The fourth-order valence-electron chi connectivity index (χ4n) is 3.78. The van der Waals surface area contributed by atoms with Crippen LogP contribution in [0.2, 0.25) is 0 Å². The lowest BCUT2D eigenvalue weighted by molar-refractivity contribution is -0.154. The summed E-state index contributed by atoms with van der Waals surface area (Å²) in [5, 5.41) is 7.50. The molecule has 2 N–H and O–H groups in total. The molecule has 178 valence electrons. The fraction of sp³-hybridized carbons (Fsp3) is 0.773. The third-order valence-corrected chi connectivity index (χ3v) is 6.67. The Hall–Kier alpha value is -1.74. The minimum atomic E-state index is -4.74. The monoisotopic (exact) mass is 459 g/mol. The summed E-state index contributed by atoms with van der Waals surface area (Å²) in [4.78, 5) is 36.2. The van der Waals surface area contributed by atoms with Gasteiger partial charge in [0.1, 0.15) is 6.04 Å². The summed E-state index contributed by atoms with van der Waals surface area (Å²) >= 11 is 0. The number of hydrogen-bond acceptors (Lipinski definition) is 5. The van der Waals surface area contributed by atoms with Gasteiger partial charge in [0.2, 0.25) is 5.91 Å². The van der Waals surface area contributed by atoms with Gasteiger partial charge in [0.15, 0.2) is 5.25 Å². The van der Waals surface area contributed by atoms with Crippen molar-refractivity contribution in [3.63, 3.8) is 0 Å². The second kappa shape index (κ2) is 14.3. The van der Waals surface area contributed by atoms with Gasteiger partial charge < -0.3 is 5.11 Å². The summed E-state index contributed by atoms with van der Waals surface area (Å²) in [6.07, 6.45) is 16.7. The number of allylic oxidation sites excluding steroid dienone is 2. The average Bonchev–Trinajstić information content (AvgIpc) is 2.99. The van der Waals surface area contributed by atoms with Gasteiger partial charge in [-0.3, -0.25) is 19.0 Å². The van der Waals surface area contributed by atoms with Gasteiger partial charge in [-0.05, 0) is 32.1 Å². The zero-order valence-corrected chi connectivity index (χ0v) is 19.3. The van der Waals surface area contributed by atoms with Gasteiger partial charge in [-0.15, -0.1) is 0 Å². The van der Waals surface area contributed by atoms with Crippen LogP contribution in [-0.2, 0) is 24.5 Å². The lowest BCUT2D eigenvalue weighted by atomic mass is 10.0. The molecule has 0 radical (unpaired) electrons. The average molecular weight is 460 g/mol. The maximum Gasteiger partial charge on any atom is 0.326 e. The second-order valence-electron chi connectivity index (χ2n) is 8.18. The molecule has 2 atom stereocenters. The van der Waals surface area contributed by atoms with Crippen LogP contribution < -0.4 is 0 Å². The number of imide groups is 1. The van der Waals surface area contributed by atoms with Crippen molar-refractivity contribution >= 4 is 27.9 Å². The Morgan fingerprint density at radius 2 is 1.52 bits per heavy atom. The highest BCUT2D eigenvalue weighted by molar-refractivity contribution is 7.87. The van der Waals surface area contributed by atoms with Crippen LogP contribution in [-0.4, -0.2) is 52.1 Å². The van der Waals surface area contributed by atoms with Crippen LogP contribution in [0.1, 0.15) is 96.8 Å². The molecule has 1 aliphatic rings. The molecule has 2 amide bonds. The Balaban J connectivity index is 2.25. The van der Waals surface area contributed by atoms with Gasteiger partial charge in [-0.25, -0.2) is 4.79 Å². The van der Waals surface area contributed by atoms with Crippen LogP contribution in [0.5, 0.6) is 0 Å². The molecule has 0 aromatic heterocycles. The van der Waals surface area contributed by atoms with E-state index in [-0.39, 0.29) is 6.42 Å². The molecule has 1 saturated heterocycles. The maximum atomic E-state index is 12.2. The van der Waals surface area contributed by atoms with Crippen molar-refractivity contribution < 1.29 is 32.5 Å². The largest absolute Gasteiger partial charge is 0.480 e. The molecule has 2 unspecified atom stereocenters. The second-order valence-corrected chi connectivity index (χ2v) is 9.78.